The highest BCUT2D eigenvalue weighted by Gasteiger charge is 2.19. The molecule has 0 bridgehead atoms. The van der Waals surface area contributed by atoms with Crippen LogP contribution in [0.15, 0.2) is 70.4 Å². The third kappa shape index (κ3) is 4.66. The van der Waals surface area contributed by atoms with Gasteiger partial charge in [0.05, 0.1) is 40.0 Å². The summed E-state index contributed by atoms with van der Waals surface area (Å²) in [5.41, 5.74) is 2.55. The summed E-state index contributed by atoms with van der Waals surface area (Å²) in [5, 5.41) is 0.553. The first-order valence-corrected chi connectivity index (χ1v) is 12.5. The van der Waals surface area contributed by atoms with Gasteiger partial charge in [-0.25, -0.2) is 13.2 Å². The van der Waals surface area contributed by atoms with Crippen molar-refractivity contribution in [3.05, 3.63) is 92.0 Å². The van der Waals surface area contributed by atoms with E-state index in [1.165, 1.54) is 25.3 Å². The molecule has 1 N–H and O–H groups in total. The van der Waals surface area contributed by atoms with Crippen molar-refractivity contribution >= 4 is 54.8 Å². The molecule has 0 radical (unpaired) electrons. The maximum Gasteiger partial charge on any atom is 0.337 e. The van der Waals surface area contributed by atoms with Gasteiger partial charge in [-0.3, -0.25) is 14.1 Å². The molecule has 0 aliphatic carbocycles. The number of carbonyl (C=O) groups excluding carboxylic acids is 1. The normalized spacial score (nSPS) is 11.5. The van der Waals surface area contributed by atoms with E-state index in [4.69, 9.17) is 16.3 Å². The molecule has 1 heterocycles. The van der Waals surface area contributed by atoms with E-state index in [1.807, 2.05) is 18.2 Å². The van der Waals surface area contributed by atoms with Gasteiger partial charge in [0.25, 0.3) is 10.0 Å². The summed E-state index contributed by atoms with van der Waals surface area (Å²) < 4.78 is 35.4. The second kappa shape index (κ2) is 9.01. The fraction of sp³-hybridized carbons (Fsp3) is 0.130. The lowest BCUT2D eigenvalue weighted by atomic mass is 10.1. The number of hydrogen-bond donors (Lipinski definition) is 1. The maximum atomic E-state index is 13.1. The molecular formula is C23H19ClN2O5S2. The molecule has 0 aliphatic heterocycles. The van der Waals surface area contributed by atoms with E-state index in [0.717, 1.165) is 16.9 Å². The number of benzene rings is 3. The number of nitrogens with zero attached hydrogens (tertiary/aromatic N) is 1. The number of rotatable bonds is 6. The predicted octanol–water partition coefficient (Wildman–Crippen LogP) is 4.66. The molecule has 0 saturated heterocycles. The van der Waals surface area contributed by atoms with E-state index >= 15 is 0 Å². The molecule has 170 valence electrons. The van der Waals surface area contributed by atoms with Crippen molar-refractivity contribution in [2.45, 2.75) is 18.4 Å². The Kier molecular flexibility index (Phi) is 6.29. The third-order valence-corrected chi connectivity index (χ3v) is 7.81. The van der Waals surface area contributed by atoms with Gasteiger partial charge in [0.15, 0.2) is 0 Å². The Labute approximate surface area is 199 Å². The number of methoxy groups -OCH3 is 1. The van der Waals surface area contributed by atoms with E-state index in [-0.39, 0.29) is 27.6 Å². The first-order valence-electron chi connectivity index (χ1n) is 9.78. The molecule has 0 atom stereocenters. The van der Waals surface area contributed by atoms with Crippen LogP contribution >= 0.6 is 22.9 Å². The summed E-state index contributed by atoms with van der Waals surface area (Å²) >= 11 is 7.19. The highest BCUT2D eigenvalue weighted by molar-refractivity contribution is 7.92. The van der Waals surface area contributed by atoms with Crippen molar-refractivity contribution < 1.29 is 17.9 Å². The molecular weight excluding hydrogens is 484 g/mol. The molecule has 4 rings (SSSR count). The van der Waals surface area contributed by atoms with Gasteiger partial charge in [-0.2, -0.15) is 0 Å². The summed E-state index contributed by atoms with van der Waals surface area (Å²) in [6, 6.07) is 16.4. The number of sulfonamides is 1. The number of anilines is 1. The van der Waals surface area contributed by atoms with Crippen molar-refractivity contribution in [3.8, 4) is 0 Å². The number of carbonyl (C=O) groups is 1. The van der Waals surface area contributed by atoms with Crippen LogP contribution < -0.4 is 9.60 Å². The van der Waals surface area contributed by atoms with Crippen LogP contribution in [0.5, 0.6) is 0 Å². The van der Waals surface area contributed by atoms with Crippen molar-refractivity contribution in [3.63, 3.8) is 0 Å². The minimum atomic E-state index is -3.97. The Morgan fingerprint density at radius 2 is 1.88 bits per heavy atom. The Morgan fingerprint density at radius 1 is 1.12 bits per heavy atom. The second-order valence-electron chi connectivity index (χ2n) is 7.30. The number of fused-ring (bicyclic) bond motifs is 1. The molecule has 0 saturated carbocycles. The Hall–Kier alpha value is -3.14. The number of esters is 1. The average molecular weight is 503 g/mol. The first kappa shape index (κ1) is 23.0. The number of aromatic nitrogens is 1. The first-order chi connectivity index (χ1) is 15.7. The molecule has 1 aromatic heterocycles. The molecule has 4 aromatic rings. The number of nitrogens with one attached hydrogen (secondary N) is 1. The molecule has 0 fully saturated rings. The van der Waals surface area contributed by atoms with Crippen molar-refractivity contribution in [1.29, 1.82) is 0 Å². The number of hydrogen-bond acceptors (Lipinski definition) is 6. The van der Waals surface area contributed by atoms with Crippen LogP contribution in [0, 0.1) is 6.92 Å². The van der Waals surface area contributed by atoms with Crippen LogP contribution in [0.1, 0.15) is 21.5 Å². The number of aryl methyl sites for hydroxylation is 1. The number of thiazole rings is 1. The van der Waals surface area contributed by atoms with Crippen LogP contribution in [0.25, 0.3) is 10.2 Å². The van der Waals surface area contributed by atoms with E-state index in [1.54, 1.807) is 35.8 Å². The van der Waals surface area contributed by atoms with Crippen molar-refractivity contribution in [2.75, 3.05) is 11.8 Å². The highest BCUT2D eigenvalue weighted by Crippen LogP contribution is 2.26. The zero-order valence-corrected chi connectivity index (χ0v) is 20.1. The molecule has 10 heteroatoms. The smallest absolute Gasteiger partial charge is 0.337 e. The minimum absolute atomic E-state index is 0.00372. The zero-order valence-electron chi connectivity index (χ0n) is 17.7. The lowest BCUT2D eigenvalue weighted by Crippen LogP contribution is -2.15. The SMILES string of the molecule is COC(=O)c1ccc(C)c(NS(=O)(=O)c2ccc3c(c2)sc(=O)n3Cc2ccccc2Cl)c1. The highest BCUT2D eigenvalue weighted by atomic mass is 35.5. The summed E-state index contributed by atoms with van der Waals surface area (Å²) in [4.78, 5) is 24.2. The van der Waals surface area contributed by atoms with Crippen molar-refractivity contribution in [1.82, 2.24) is 4.57 Å². The standard InChI is InChI=1S/C23H19ClN2O5S2/c1-14-7-8-15(22(27)31-2)11-19(14)25-33(29,30)17-9-10-20-21(12-17)32-23(28)26(20)13-16-5-3-4-6-18(16)24/h3-12,25H,13H2,1-2H3. The summed E-state index contributed by atoms with van der Waals surface area (Å²) in [7, 11) is -2.72. The fourth-order valence-corrected chi connectivity index (χ4v) is 5.69. The van der Waals surface area contributed by atoms with Crippen LogP contribution in [-0.4, -0.2) is 26.1 Å². The molecule has 0 spiro atoms. The lowest BCUT2D eigenvalue weighted by Gasteiger charge is -2.12. The Bertz CT molecular complexity index is 1540. The van der Waals surface area contributed by atoms with Gasteiger partial charge in [-0.15, -0.1) is 0 Å². The molecule has 3 aromatic carbocycles. The van der Waals surface area contributed by atoms with Crippen LogP contribution in [0.3, 0.4) is 0 Å². The summed E-state index contributed by atoms with van der Waals surface area (Å²) in [6.45, 7) is 2.01. The van der Waals surface area contributed by atoms with E-state index in [0.29, 0.717) is 20.8 Å². The third-order valence-electron chi connectivity index (χ3n) is 5.14. The van der Waals surface area contributed by atoms with Gasteiger partial charge >= 0.3 is 10.8 Å². The summed E-state index contributed by atoms with van der Waals surface area (Å²) in [5.74, 6) is -0.568. The second-order valence-corrected chi connectivity index (χ2v) is 10.4. The Morgan fingerprint density at radius 3 is 2.61 bits per heavy atom. The number of ether oxygens (including phenoxy) is 1. The van der Waals surface area contributed by atoms with Gasteiger partial charge in [0.2, 0.25) is 0 Å². The van der Waals surface area contributed by atoms with Crippen molar-refractivity contribution in [2.24, 2.45) is 0 Å². The van der Waals surface area contributed by atoms with Crippen LogP contribution in [-0.2, 0) is 21.3 Å². The van der Waals surface area contributed by atoms with E-state index in [9.17, 15) is 18.0 Å². The fourth-order valence-electron chi connectivity index (χ4n) is 3.34. The molecule has 33 heavy (non-hydrogen) atoms. The van der Waals surface area contributed by atoms with Gasteiger partial charge in [-0.1, -0.05) is 47.2 Å². The maximum absolute atomic E-state index is 13.1. The minimum Gasteiger partial charge on any atom is -0.465 e. The monoisotopic (exact) mass is 502 g/mol. The van der Waals surface area contributed by atoms with E-state index in [2.05, 4.69) is 4.72 Å². The van der Waals surface area contributed by atoms with Gasteiger partial charge in [0, 0.05) is 5.02 Å². The van der Waals surface area contributed by atoms with Gasteiger partial charge in [0.1, 0.15) is 0 Å². The van der Waals surface area contributed by atoms with Crippen LogP contribution in [0.2, 0.25) is 5.02 Å². The zero-order chi connectivity index (χ0) is 23.8. The van der Waals surface area contributed by atoms with E-state index < -0.39 is 16.0 Å². The predicted molar refractivity (Wildman–Crippen MR) is 130 cm³/mol. The topological polar surface area (TPSA) is 94.5 Å². The van der Waals surface area contributed by atoms with Crippen LogP contribution in [0.4, 0.5) is 5.69 Å². The van der Waals surface area contributed by atoms with Gasteiger partial charge < -0.3 is 4.74 Å². The molecule has 0 amide bonds. The molecule has 7 nitrogen and oxygen atoms in total. The largest absolute Gasteiger partial charge is 0.465 e. The quantitative estimate of drug-likeness (QED) is 0.387. The number of halogens is 1. The Balaban J connectivity index is 1.69. The van der Waals surface area contributed by atoms with Gasteiger partial charge in [-0.05, 0) is 54.4 Å². The average Bonchev–Trinajstić information content (AvgIpc) is 3.10. The lowest BCUT2D eigenvalue weighted by molar-refractivity contribution is 0.0600. The molecule has 0 aliphatic rings. The molecule has 0 unspecified atom stereocenters. The summed E-state index contributed by atoms with van der Waals surface area (Å²) in [6.07, 6.45) is 0.